The number of carbonyl (C=O) groups excluding carboxylic acids is 1. The Labute approximate surface area is 191 Å². The van der Waals surface area contributed by atoms with Gasteiger partial charge in [0.25, 0.3) is 5.91 Å². The van der Waals surface area contributed by atoms with Gasteiger partial charge < -0.3 is 14.7 Å². The van der Waals surface area contributed by atoms with E-state index in [0.717, 1.165) is 12.1 Å². The fraction of sp³-hybridized carbons (Fsp3) is 0.304. The molecule has 0 aliphatic carbocycles. The van der Waals surface area contributed by atoms with Crippen molar-refractivity contribution in [2.75, 3.05) is 13.2 Å². The van der Waals surface area contributed by atoms with Gasteiger partial charge in [-0.25, -0.2) is 0 Å². The van der Waals surface area contributed by atoms with Gasteiger partial charge in [0.15, 0.2) is 0 Å². The molecule has 1 fully saturated rings. The number of nitrogens with one attached hydrogen (secondary N) is 1. The zero-order chi connectivity index (χ0) is 23.3. The average Bonchev–Trinajstić information content (AvgIpc) is 3.34. The van der Waals surface area contributed by atoms with Crippen LogP contribution in [-0.4, -0.2) is 45.4 Å². The summed E-state index contributed by atoms with van der Waals surface area (Å²) in [5.74, 6) is -0.362. The Morgan fingerprint density at radius 1 is 1.12 bits per heavy atom. The molecule has 2 aliphatic rings. The summed E-state index contributed by atoms with van der Waals surface area (Å²) in [5, 5.41) is 17.9. The number of phenols is 1. The molecule has 1 unspecified atom stereocenters. The van der Waals surface area contributed by atoms with E-state index in [0.29, 0.717) is 53.5 Å². The van der Waals surface area contributed by atoms with Gasteiger partial charge in [-0.3, -0.25) is 9.89 Å². The molecule has 172 valence electrons. The topological polar surface area (TPSA) is 78.5 Å². The van der Waals surface area contributed by atoms with Crippen molar-refractivity contribution < 1.29 is 27.8 Å². The predicted octanol–water partition coefficient (Wildman–Crippen LogP) is 5.18. The van der Waals surface area contributed by atoms with Crippen LogP contribution in [0.15, 0.2) is 42.5 Å². The first kappa shape index (κ1) is 21.8. The van der Waals surface area contributed by atoms with E-state index >= 15 is 0 Å². The Kier molecular flexibility index (Phi) is 5.33. The molecule has 1 amide bonds. The third-order valence-corrected chi connectivity index (χ3v) is 6.39. The van der Waals surface area contributed by atoms with Crippen molar-refractivity contribution in [3.8, 4) is 17.0 Å². The summed E-state index contributed by atoms with van der Waals surface area (Å²) in [5.41, 5.74) is 1.17. The molecule has 0 radical (unpaired) electrons. The molecule has 2 aliphatic heterocycles. The van der Waals surface area contributed by atoms with Crippen molar-refractivity contribution in [2.24, 2.45) is 0 Å². The zero-order valence-electron chi connectivity index (χ0n) is 17.2. The molecule has 33 heavy (non-hydrogen) atoms. The lowest BCUT2D eigenvalue weighted by molar-refractivity contribution is -0.137. The number of H-pyrrole nitrogens is 1. The number of halogens is 4. The number of aromatic nitrogens is 2. The van der Waals surface area contributed by atoms with Crippen LogP contribution >= 0.6 is 11.6 Å². The number of ether oxygens (including phenoxy) is 1. The van der Waals surface area contributed by atoms with Crippen LogP contribution < -0.4 is 0 Å². The number of rotatable bonds is 3. The van der Waals surface area contributed by atoms with Crippen molar-refractivity contribution in [1.29, 1.82) is 0 Å². The summed E-state index contributed by atoms with van der Waals surface area (Å²) < 4.78 is 44.9. The number of carbonyl (C=O) groups is 1. The Balaban J connectivity index is 1.66. The highest BCUT2D eigenvalue weighted by atomic mass is 35.5. The van der Waals surface area contributed by atoms with Crippen molar-refractivity contribution >= 4 is 17.5 Å². The summed E-state index contributed by atoms with van der Waals surface area (Å²) in [6.07, 6.45) is -3.25. The number of alkyl halides is 3. The minimum Gasteiger partial charge on any atom is -0.507 e. The highest BCUT2D eigenvalue weighted by Gasteiger charge is 2.46. The van der Waals surface area contributed by atoms with E-state index in [4.69, 9.17) is 16.3 Å². The highest BCUT2D eigenvalue weighted by molar-refractivity contribution is 6.31. The maximum atomic E-state index is 13.4. The molecule has 10 heteroatoms. The third kappa shape index (κ3) is 3.75. The van der Waals surface area contributed by atoms with Crippen LogP contribution in [0.25, 0.3) is 11.3 Å². The molecule has 3 aromatic rings. The van der Waals surface area contributed by atoms with Gasteiger partial charge in [0.1, 0.15) is 17.1 Å². The number of amides is 1. The summed E-state index contributed by atoms with van der Waals surface area (Å²) in [7, 11) is 0. The lowest BCUT2D eigenvalue weighted by Crippen LogP contribution is -2.42. The Hall–Kier alpha value is -3.04. The van der Waals surface area contributed by atoms with Gasteiger partial charge in [-0.1, -0.05) is 23.7 Å². The molecule has 2 aromatic carbocycles. The number of hydrogen-bond acceptors (Lipinski definition) is 4. The van der Waals surface area contributed by atoms with Crippen molar-refractivity contribution in [2.45, 2.75) is 31.1 Å². The van der Waals surface area contributed by atoms with Crippen LogP contribution in [0.3, 0.4) is 0 Å². The van der Waals surface area contributed by atoms with Crippen LogP contribution in [0, 0.1) is 0 Å². The van der Waals surface area contributed by atoms with Crippen LogP contribution in [0.2, 0.25) is 5.02 Å². The number of aromatic hydroxyl groups is 1. The number of fused-ring (bicyclic) bond motifs is 1. The lowest BCUT2D eigenvalue weighted by Gasteiger charge is -2.36. The van der Waals surface area contributed by atoms with E-state index in [1.165, 1.54) is 24.3 Å². The number of nitrogens with zero attached hydrogens (tertiary/aromatic N) is 2. The van der Waals surface area contributed by atoms with E-state index in [1.807, 2.05) is 0 Å². The minimum absolute atomic E-state index is 0.0724. The zero-order valence-corrected chi connectivity index (χ0v) is 18.0. The summed E-state index contributed by atoms with van der Waals surface area (Å²) in [6.45, 7) is 0.977. The van der Waals surface area contributed by atoms with Gasteiger partial charge in [0.2, 0.25) is 0 Å². The molecular weight excluding hydrogens is 459 g/mol. The van der Waals surface area contributed by atoms with E-state index < -0.39 is 17.8 Å². The van der Waals surface area contributed by atoms with Gasteiger partial charge in [0.05, 0.1) is 11.6 Å². The Morgan fingerprint density at radius 2 is 1.82 bits per heavy atom. The molecule has 3 heterocycles. The summed E-state index contributed by atoms with van der Waals surface area (Å²) in [4.78, 5) is 15.1. The second-order valence-corrected chi connectivity index (χ2v) is 8.54. The predicted molar refractivity (Wildman–Crippen MR) is 114 cm³/mol. The van der Waals surface area contributed by atoms with Gasteiger partial charge >= 0.3 is 6.18 Å². The summed E-state index contributed by atoms with van der Waals surface area (Å²) >= 11 is 6.13. The first-order valence-corrected chi connectivity index (χ1v) is 10.8. The van der Waals surface area contributed by atoms with Gasteiger partial charge in [0, 0.05) is 35.4 Å². The fourth-order valence-electron chi connectivity index (χ4n) is 4.59. The van der Waals surface area contributed by atoms with Crippen LogP contribution in [0.1, 0.15) is 46.1 Å². The first-order chi connectivity index (χ1) is 15.8. The van der Waals surface area contributed by atoms with Crippen molar-refractivity contribution in [3.05, 3.63) is 69.9 Å². The smallest absolute Gasteiger partial charge is 0.416 e. The summed E-state index contributed by atoms with van der Waals surface area (Å²) in [6, 6.07) is 8.46. The maximum absolute atomic E-state index is 13.4. The molecule has 6 nitrogen and oxygen atoms in total. The normalized spacial score (nSPS) is 19.2. The molecule has 0 saturated carbocycles. The first-order valence-electron chi connectivity index (χ1n) is 10.4. The van der Waals surface area contributed by atoms with Gasteiger partial charge in [-0.2, -0.15) is 18.3 Å². The number of aromatic amines is 1. The van der Waals surface area contributed by atoms with Crippen LogP contribution in [-0.2, 0) is 10.9 Å². The van der Waals surface area contributed by atoms with E-state index in [9.17, 15) is 23.1 Å². The highest BCUT2D eigenvalue weighted by Crippen LogP contribution is 2.47. The fourth-order valence-corrected chi connectivity index (χ4v) is 4.76. The standard InChI is InChI=1S/C23H19ClF3N3O3/c24-14-5-6-17(31)16(11-14)19-18-20(29-28-19)22(32)30(15-7-9-33-10-8-15)21(18)12-1-3-13(4-2-12)23(25,26)27/h1-6,11,15,21,31H,7-10H2,(H,28,29). The number of benzene rings is 2. The minimum atomic E-state index is -4.47. The molecule has 0 spiro atoms. The molecule has 5 rings (SSSR count). The second-order valence-electron chi connectivity index (χ2n) is 8.10. The maximum Gasteiger partial charge on any atom is 0.416 e. The van der Waals surface area contributed by atoms with E-state index in [-0.39, 0.29) is 23.4 Å². The molecule has 1 aromatic heterocycles. The number of hydrogen-bond donors (Lipinski definition) is 2. The van der Waals surface area contributed by atoms with Crippen LogP contribution in [0.5, 0.6) is 5.75 Å². The number of phenolic OH excluding ortho intramolecular Hbond substituents is 1. The Morgan fingerprint density at radius 3 is 2.48 bits per heavy atom. The Bertz CT molecular complexity index is 1200. The van der Waals surface area contributed by atoms with Crippen molar-refractivity contribution in [1.82, 2.24) is 15.1 Å². The molecule has 2 N–H and O–H groups in total. The second kappa shape index (κ2) is 8.07. The monoisotopic (exact) mass is 477 g/mol. The third-order valence-electron chi connectivity index (χ3n) is 6.16. The molecule has 0 bridgehead atoms. The quantitative estimate of drug-likeness (QED) is 0.545. The van der Waals surface area contributed by atoms with E-state index in [2.05, 4.69) is 10.2 Å². The van der Waals surface area contributed by atoms with Crippen molar-refractivity contribution in [3.63, 3.8) is 0 Å². The SMILES string of the molecule is O=C1c2[nH]nc(-c3cc(Cl)ccc3O)c2C(c2ccc(C(F)(F)F)cc2)N1C1CCOCC1. The van der Waals surface area contributed by atoms with Gasteiger partial charge in [-0.15, -0.1) is 0 Å². The molecular formula is C23H19ClF3N3O3. The van der Waals surface area contributed by atoms with Crippen LogP contribution in [0.4, 0.5) is 13.2 Å². The largest absolute Gasteiger partial charge is 0.507 e. The van der Waals surface area contributed by atoms with E-state index in [1.54, 1.807) is 11.0 Å². The van der Waals surface area contributed by atoms with Gasteiger partial charge in [-0.05, 0) is 48.7 Å². The lowest BCUT2D eigenvalue weighted by atomic mass is 9.93. The average molecular weight is 478 g/mol. The molecule has 1 atom stereocenters. The molecule has 1 saturated heterocycles.